The molecule has 0 atom stereocenters. The van der Waals surface area contributed by atoms with E-state index in [9.17, 15) is 18.0 Å². The van der Waals surface area contributed by atoms with Crippen LogP contribution in [0.15, 0.2) is 82.2 Å². The van der Waals surface area contributed by atoms with Gasteiger partial charge in [0.05, 0.1) is 10.6 Å². The predicted octanol–water partition coefficient (Wildman–Crippen LogP) is 4.34. The maximum Gasteiger partial charge on any atom is 0.255 e. The third-order valence-electron chi connectivity index (χ3n) is 4.03. The van der Waals surface area contributed by atoms with Crippen molar-refractivity contribution in [2.24, 2.45) is 0 Å². The highest BCUT2D eigenvalue weighted by Gasteiger charge is 2.17. The second-order valence-corrected chi connectivity index (χ2v) is 9.07. The molecule has 0 aliphatic carbocycles. The number of nitrogens with one attached hydrogen (secondary N) is 1. The molecule has 0 aromatic heterocycles. The maximum absolute atomic E-state index is 12.9. The van der Waals surface area contributed by atoms with E-state index < -0.39 is 15.7 Å². The molecule has 3 rings (SSSR count). The second kappa shape index (κ2) is 8.08. The van der Waals surface area contributed by atoms with Gasteiger partial charge < -0.3 is 5.32 Å². The Kier molecular flexibility index (Phi) is 5.76. The lowest BCUT2D eigenvalue weighted by Gasteiger charge is -2.12. The zero-order valence-electron chi connectivity index (χ0n) is 14.8. The molecule has 5 nitrogen and oxygen atoms in total. The number of anilines is 1. The standard InChI is InChI=1S/C21H16BrNO4S/c1-28(26,27)17-9-5-8-15(12-17)21(25)23-19-11-10-16(22)13-18(19)20(24)14-6-3-2-4-7-14/h2-13H,1H3,(H,23,25). The molecule has 0 saturated carbocycles. The topological polar surface area (TPSA) is 80.3 Å². The van der Waals surface area contributed by atoms with Gasteiger partial charge in [-0.15, -0.1) is 0 Å². The van der Waals surface area contributed by atoms with E-state index in [2.05, 4.69) is 21.2 Å². The van der Waals surface area contributed by atoms with E-state index in [1.807, 2.05) is 6.07 Å². The van der Waals surface area contributed by atoms with E-state index in [0.29, 0.717) is 21.3 Å². The van der Waals surface area contributed by atoms with Gasteiger partial charge >= 0.3 is 0 Å². The van der Waals surface area contributed by atoms with Gasteiger partial charge in [-0.25, -0.2) is 8.42 Å². The Morgan fingerprint density at radius 2 is 1.54 bits per heavy atom. The van der Waals surface area contributed by atoms with Crippen molar-refractivity contribution in [2.45, 2.75) is 4.90 Å². The highest BCUT2D eigenvalue weighted by molar-refractivity contribution is 9.10. The van der Waals surface area contributed by atoms with Gasteiger partial charge in [-0.05, 0) is 36.4 Å². The van der Waals surface area contributed by atoms with Gasteiger partial charge in [-0.3, -0.25) is 9.59 Å². The van der Waals surface area contributed by atoms with Crippen molar-refractivity contribution < 1.29 is 18.0 Å². The summed E-state index contributed by atoms with van der Waals surface area (Å²) in [5.41, 5.74) is 1.35. The van der Waals surface area contributed by atoms with E-state index in [-0.39, 0.29) is 16.2 Å². The molecule has 3 aromatic rings. The number of rotatable bonds is 5. The normalized spacial score (nSPS) is 11.1. The van der Waals surface area contributed by atoms with Crippen LogP contribution in [-0.2, 0) is 9.84 Å². The van der Waals surface area contributed by atoms with Crippen LogP contribution in [0.4, 0.5) is 5.69 Å². The molecule has 0 spiro atoms. The summed E-state index contributed by atoms with van der Waals surface area (Å²) in [6, 6.07) is 19.5. The quantitative estimate of drug-likeness (QED) is 0.577. The molecule has 0 aliphatic heterocycles. The first-order valence-electron chi connectivity index (χ1n) is 8.26. The summed E-state index contributed by atoms with van der Waals surface area (Å²) in [6.45, 7) is 0. The van der Waals surface area contributed by atoms with Crippen molar-refractivity contribution in [3.05, 3.63) is 94.0 Å². The SMILES string of the molecule is CS(=O)(=O)c1cccc(C(=O)Nc2ccc(Br)cc2C(=O)c2ccccc2)c1. The Balaban J connectivity index is 1.95. The fourth-order valence-corrected chi connectivity index (χ4v) is 3.65. The number of ketones is 1. The first-order chi connectivity index (χ1) is 13.3. The molecule has 7 heteroatoms. The van der Waals surface area contributed by atoms with Crippen LogP contribution in [0.25, 0.3) is 0 Å². The number of hydrogen-bond acceptors (Lipinski definition) is 4. The Morgan fingerprint density at radius 1 is 0.857 bits per heavy atom. The number of amides is 1. The Morgan fingerprint density at radius 3 is 2.21 bits per heavy atom. The zero-order chi connectivity index (χ0) is 20.3. The van der Waals surface area contributed by atoms with Crippen LogP contribution >= 0.6 is 15.9 Å². The van der Waals surface area contributed by atoms with Crippen LogP contribution in [0.5, 0.6) is 0 Å². The van der Waals surface area contributed by atoms with E-state index in [1.54, 1.807) is 42.5 Å². The van der Waals surface area contributed by atoms with E-state index in [0.717, 1.165) is 6.26 Å². The van der Waals surface area contributed by atoms with Gasteiger partial charge in [0.25, 0.3) is 5.91 Å². The minimum absolute atomic E-state index is 0.0524. The van der Waals surface area contributed by atoms with Crippen LogP contribution in [0.2, 0.25) is 0 Å². The number of carbonyl (C=O) groups excluding carboxylic acids is 2. The molecule has 0 aliphatic rings. The average molecular weight is 458 g/mol. The number of carbonyl (C=O) groups is 2. The molecule has 1 N–H and O–H groups in total. The van der Waals surface area contributed by atoms with E-state index in [1.165, 1.54) is 24.3 Å². The van der Waals surface area contributed by atoms with Crippen LogP contribution in [-0.4, -0.2) is 26.4 Å². The van der Waals surface area contributed by atoms with Gasteiger partial charge in [-0.1, -0.05) is 52.3 Å². The van der Waals surface area contributed by atoms with E-state index >= 15 is 0 Å². The summed E-state index contributed by atoms with van der Waals surface area (Å²) in [5, 5.41) is 2.71. The van der Waals surface area contributed by atoms with Gasteiger partial charge in [0, 0.05) is 27.4 Å². The van der Waals surface area contributed by atoms with Gasteiger partial charge in [0.15, 0.2) is 15.6 Å². The third-order valence-corrected chi connectivity index (χ3v) is 5.64. The smallest absolute Gasteiger partial charge is 0.255 e. The molecular formula is C21H16BrNO4S. The molecule has 1 amide bonds. The van der Waals surface area contributed by atoms with Crippen molar-refractivity contribution in [1.29, 1.82) is 0 Å². The Labute approximate surface area is 171 Å². The molecule has 0 radical (unpaired) electrons. The van der Waals surface area contributed by atoms with Crippen LogP contribution in [0.1, 0.15) is 26.3 Å². The summed E-state index contributed by atoms with van der Waals surface area (Å²) >= 11 is 3.35. The first kappa shape index (κ1) is 20.0. The van der Waals surface area contributed by atoms with Gasteiger partial charge in [0.2, 0.25) is 0 Å². The number of halogens is 1. The number of hydrogen-bond donors (Lipinski definition) is 1. The Hall–Kier alpha value is -2.77. The van der Waals surface area contributed by atoms with Crippen molar-refractivity contribution in [3.8, 4) is 0 Å². The maximum atomic E-state index is 12.9. The zero-order valence-corrected chi connectivity index (χ0v) is 17.2. The molecule has 142 valence electrons. The summed E-state index contributed by atoms with van der Waals surface area (Å²) < 4.78 is 24.1. The molecule has 0 heterocycles. The predicted molar refractivity (Wildman–Crippen MR) is 112 cm³/mol. The summed E-state index contributed by atoms with van der Waals surface area (Å²) in [6.07, 6.45) is 1.08. The highest BCUT2D eigenvalue weighted by Crippen LogP contribution is 2.25. The minimum atomic E-state index is -3.44. The fraction of sp³-hybridized carbons (Fsp3) is 0.0476. The molecular weight excluding hydrogens is 442 g/mol. The van der Waals surface area contributed by atoms with Crippen molar-refractivity contribution >= 4 is 43.1 Å². The van der Waals surface area contributed by atoms with Crippen LogP contribution in [0.3, 0.4) is 0 Å². The molecule has 3 aromatic carbocycles. The first-order valence-corrected chi connectivity index (χ1v) is 10.9. The minimum Gasteiger partial charge on any atom is -0.321 e. The largest absolute Gasteiger partial charge is 0.321 e. The number of sulfone groups is 1. The lowest BCUT2D eigenvalue weighted by atomic mass is 10.0. The van der Waals surface area contributed by atoms with Crippen LogP contribution in [0, 0.1) is 0 Å². The van der Waals surface area contributed by atoms with Crippen LogP contribution < -0.4 is 5.32 Å². The van der Waals surface area contributed by atoms with Crippen molar-refractivity contribution in [3.63, 3.8) is 0 Å². The molecule has 28 heavy (non-hydrogen) atoms. The molecule has 0 unspecified atom stereocenters. The number of benzene rings is 3. The molecule has 0 bridgehead atoms. The summed E-state index contributed by atoms with van der Waals surface area (Å²) in [5.74, 6) is -0.739. The highest BCUT2D eigenvalue weighted by atomic mass is 79.9. The summed E-state index contributed by atoms with van der Waals surface area (Å²) in [4.78, 5) is 25.6. The van der Waals surface area contributed by atoms with E-state index in [4.69, 9.17) is 0 Å². The monoisotopic (exact) mass is 457 g/mol. The van der Waals surface area contributed by atoms with Gasteiger partial charge in [-0.2, -0.15) is 0 Å². The van der Waals surface area contributed by atoms with Crippen molar-refractivity contribution in [2.75, 3.05) is 11.6 Å². The average Bonchev–Trinajstić information content (AvgIpc) is 2.69. The lowest BCUT2D eigenvalue weighted by molar-refractivity contribution is 0.102. The van der Waals surface area contributed by atoms with Gasteiger partial charge in [0.1, 0.15) is 0 Å². The van der Waals surface area contributed by atoms with Crippen molar-refractivity contribution in [1.82, 2.24) is 0 Å². The lowest BCUT2D eigenvalue weighted by Crippen LogP contribution is -2.16. The third kappa shape index (κ3) is 4.55. The molecule has 0 fully saturated rings. The molecule has 0 saturated heterocycles. The fourth-order valence-electron chi connectivity index (χ4n) is 2.62. The summed E-state index contributed by atoms with van der Waals surface area (Å²) in [7, 11) is -3.44. The second-order valence-electron chi connectivity index (χ2n) is 6.14. The Bertz CT molecular complexity index is 1160.